The van der Waals surface area contributed by atoms with Gasteiger partial charge in [-0.1, -0.05) is 6.58 Å². The van der Waals surface area contributed by atoms with E-state index in [1.165, 1.54) is 7.05 Å². The molecule has 0 aromatic rings. The summed E-state index contributed by atoms with van der Waals surface area (Å²) in [5, 5.41) is 0. The van der Waals surface area contributed by atoms with Crippen LogP contribution in [0.3, 0.4) is 0 Å². The lowest BCUT2D eigenvalue weighted by atomic mass is 10.3. The van der Waals surface area contributed by atoms with Crippen LogP contribution < -0.4 is 0 Å². The maximum atomic E-state index is 11.9. The van der Waals surface area contributed by atoms with Crippen molar-refractivity contribution in [2.75, 3.05) is 7.05 Å². The molecule has 0 rings (SSSR count). The summed E-state index contributed by atoms with van der Waals surface area (Å²) in [6, 6.07) is 0. The van der Waals surface area contributed by atoms with Crippen molar-refractivity contribution in [1.82, 2.24) is 0 Å². The Hall–Kier alpha value is -1.59. The van der Waals surface area contributed by atoms with Crippen LogP contribution in [0.4, 0.5) is 13.2 Å². The second-order valence-electron chi connectivity index (χ2n) is 2.62. The summed E-state index contributed by atoms with van der Waals surface area (Å²) in [7, 11) is 1.40. The van der Waals surface area contributed by atoms with E-state index in [0.717, 1.165) is 13.1 Å². The lowest BCUT2D eigenvalue weighted by molar-refractivity contribution is -0.133. The molecule has 0 aromatic carbocycles. The fraction of sp³-hybridized carbons (Fsp3) is 0.333. The van der Waals surface area contributed by atoms with Gasteiger partial charge >= 0.3 is 12.1 Å². The first kappa shape index (κ1) is 13.4. The monoisotopic (exact) mass is 221 g/mol. The molecule has 3 nitrogen and oxygen atoms in total. The number of hydrogen-bond acceptors (Lipinski definition) is 3. The van der Waals surface area contributed by atoms with Gasteiger partial charge in [0.15, 0.2) is 0 Å². The molecule has 0 N–H and O–H groups in total. The summed E-state index contributed by atoms with van der Waals surface area (Å²) in [6.07, 6.45) is -3.06. The Morgan fingerprint density at radius 3 is 2.40 bits per heavy atom. The minimum absolute atomic E-state index is 0.122. The molecule has 15 heavy (non-hydrogen) atoms. The van der Waals surface area contributed by atoms with Crippen molar-refractivity contribution in [2.24, 2.45) is 4.99 Å². The van der Waals surface area contributed by atoms with E-state index in [4.69, 9.17) is 0 Å². The minimum Gasteiger partial charge on any atom is -0.431 e. The van der Waals surface area contributed by atoms with Crippen molar-refractivity contribution in [3.63, 3.8) is 0 Å². The molecular formula is C9H10F3NO2. The van der Waals surface area contributed by atoms with E-state index >= 15 is 0 Å². The fourth-order valence-corrected chi connectivity index (χ4v) is 0.493. The van der Waals surface area contributed by atoms with Gasteiger partial charge in [0.2, 0.25) is 0 Å². The molecule has 0 aliphatic rings. The number of allylic oxidation sites excluding steroid dienone is 1. The van der Waals surface area contributed by atoms with E-state index in [1.54, 1.807) is 0 Å². The third-order valence-corrected chi connectivity index (χ3v) is 1.34. The summed E-state index contributed by atoms with van der Waals surface area (Å²) in [6.45, 7) is 4.05. The zero-order chi connectivity index (χ0) is 12.1. The van der Waals surface area contributed by atoms with Crippen molar-refractivity contribution in [1.29, 1.82) is 0 Å². The van der Waals surface area contributed by atoms with Gasteiger partial charge in [0.25, 0.3) is 0 Å². The highest BCUT2D eigenvalue weighted by Gasteiger charge is 2.30. The van der Waals surface area contributed by atoms with Crippen LogP contribution in [-0.4, -0.2) is 25.4 Å². The molecule has 0 fully saturated rings. The summed E-state index contributed by atoms with van der Waals surface area (Å²) in [5.74, 6) is -0.968. The van der Waals surface area contributed by atoms with Crippen LogP contribution in [0.15, 0.2) is 29.0 Å². The van der Waals surface area contributed by atoms with Gasteiger partial charge in [-0.15, -0.1) is 0 Å². The van der Waals surface area contributed by atoms with Crippen LogP contribution in [0.25, 0.3) is 0 Å². The standard InChI is InChI=1S/C9H10F3NO2/c1-6(4-13-3)8(14)15-5-7(2)9(10,11)12/h4-5H,1H2,2-3H3/b7-5+,13-4?. The molecule has 0 unspecified atom stereocenters. The van der Waals surface area contributed by atoms with Gasteiger partial charge < -0.3 is 4.74 Å². The molecular weight excluding hydrogens is 211 g/mol. The predicted octanol–water partition coefficient (Wildman–Crippen LogP) is 2.25. The summed E-state index contributed by atoms with van der Waals surface area (Å²) in [5.41, 5.74) is -1.12. The highest BCUT2D eigenvalue weighted by molar-refractivity contribution is 6.08. The van der Waals surface area contributed by atoms with Gasteiger partial charge in [-0.25, -0.2) is 4.79 Å². The average molecular weight is 221 g/mol. The lowest BCUT2D eigenvalue weighted by Gasteiger charge is -2.05. The van der Waals surface area contributed by atoms with Crippen molar-refractivity contribution >= 4 is 12.2 Å². The first-order valence-electron chi connectivity index (χ1n) is 3.85. The number of hydrogen-bond donors (Lipinski definition) is 0. The Kier molecular flexibility index (Phi) is 4.77. The molecule has 84 valence electrons. The van der Waals surface area contributed by atoms with Crippen LogP contribution in [0, 0.1) is 0 Å². The SMILES string of the molecule is C=C(C=NC)C(=O)O/C=C(\C)C(F)(F)F. The molecule has 0 aliphatic heterocycles. The number of carbonyl (C=O) groups excluding carboxylic acids is 1. The van der Waals surface area contributed by atoms with Gasteiger partial charge in [0.05, 0.1) is 11.1 Å². The predicted molar refractivity (Wildman–Crippen MR) is 49.5 cm³/mol. The summed E-state index contributed by atoms with van der Waals surface area (Å²) < 4.78 is 40.1. The molecule has 0 saturated heterocycles. The van der Waals surface area contributed by atoms with Crippen molar-refractivity contribution < 1.29 is 22.7 Å². The third-order valence-electron chi connectivity index (χ3n) is 1.34. The number of esters is 1. The first-order chi connectivity index (χ1) is 6.79. The number of aliphatic imine (C=N–C) groups is 1. The smallest absolute Gasteiger partial charge is 0.415 e. The van der Waals surface area contributed by atoms with Gasteiger partial charge in [-0.05, 0) is 6.92 Å². The molecule has 0 aromatic heterocycles. The van der Waals surface area contributed by atoms with Crippen LogP contribution in [0.1, 0.15) is 6.92 Å². The molecule has 0 atom stereocenters. The number of rotatable bonds is 3. The topological polar surface area (TPSA) is 38.7 Å². The zero-order valence-corrected chi connectivity index (χ0v) is 8.26. The summed E-state index contributed by atoms with van der Waals surface area (Å²) >= 11 is 0. The number of halogens is 3. The molecule has 0 bridgehead atoms. The highest BCUT2D eigenvalue weighted by atomic mass is 19.4. The van der Waals surface area contributed by atoms with Crippen molar-refractivity contribution in [2.45, 2.75) is 13.1 Å². The molecule has 0 spiro atoms. The third kappa shape index (κ3) is 4.99. The van der Waals surface area contributed by atoms with Gasteiger partial charge in [0, 0.05) is 13.3 Å². The van der Waals surface area contributed by atoms with Gasteiger partial charge in [-0.2, -0.15) is 13.2 Å². The maximum Gasteiger partial charge on any atom is 0.415 e. The van der Waals surface area contributed by atoms with Crippen LogP contribution in [0.2, 0.25) is 0 Å². The molecule has 6 heteroatoms. The number of nitrogens with zero attached hydrogens (tertiary/aromatic N) is 1. The van der Waals surface area contributed by atoms with E-state index < -0.39 is 17.7 Å². The van der Waals surface area contributed by atoms with E-state index in [-0.39, 0.29) is 5.57 Å². The van der Waals surface area contributed by atoms with Gasteiger partial charge in [-0.3, -0.25) is 4.99 Å². The number of alkyl halides is 3. The van der Waals surface area contributed by atoms with Crippen LogP contribution in [0.5, 0.6) is 0 Å². The van der Waals surface area contributed by atoms with E-state index in [9.17, 15) is 18.0 Å². The molecule has 0 heterocycles. The summed E-state index contributed by atoms with van der Waals surface area (Å²) in [4.78, 5) is 14.4. The molecule has 0 saturated carbocycles. The van der Waals surface area contributed by atoms with Crippen LogP contribution in [-0.2, 0) is 9.53 Å². The minimum atomic E-state index is -4.50. The highest BCUT2D eigenvalue weighted by Crippen LogP contribution is 2.24. The lowest BCUT2D eigenvalue weighted by Crippen LogP contribution is -2.11. The number of ether oxygens (including phenoxy) is 1. The quantitative estimate of drug-likeness (QED) is 0.317. The second kappa shape index (κ2) is 5.33. The van der Waals surface area contributed by atoms with Gasteiger partial charge in [0.1, 0.15) is 6.26 Å². The largest absolute Gasteiger partial charge is 0.431 e. The van der Waals surface area contributed by atoms with Crippen molar-refractivity contribution in [3.05, 3.63) is 24.0 Å². The Morgan fingerprint density at radius 1 is 1.47 bits per heavy atom. The molecule has 0 aliphatic carbocycles. The normalized spacial score (nSPS) is 13.0. The van der Waals surface area contributed by atoms with E-state index in [2.05, 4.69) is 16.3 Å². The Labute approximate surface area is 84.9 Å². The fourth-order valence-electron chi connectivity index (χ4n) is 0.493. The second-order valence-corrected chi connectivity index (χ2v) is 2.62. The average Bonchev–Trinajstić information content (AvgIpc) is 2.12. The maximum absolute atomic E-state index is 11.9. The van der Waals surface area contributed by atoms with E-state index in [0.29, 0.717) is 6.26 Å². The first-order valence-corrected chi connectivity index (χ1v) is 3.85. The Morgan fingerprint density at radius 2 is 2.00 bits per heavy atom. The molecule has 0 radical (unpaired) electrons. The van der Waals surface area contributed by atoms with Crippen LogP contribution >= 0.6 is 0 Å². The van der Waals surface area contributed by atoms with Crippen molar-refractivity contribution in [3.8, 4) is 0 Å². The number of carbonyl (C=O) groups is 1. The molecule has 0 amide bonds. The Balaban J connectivity index is 4.40. The van der Waals surface area contributed by atoms with E-state index in [1.807, 2.05) is 0 Å². The zero-order valence-electron chi connectivity index (χ0n) is 8.26. The Bertz CT molecular complexity index is 316.